The maximum atomic E-state index is 13.0. The van der Waals surface area contributed by atoms with E-state index in [9.17, 15) is 19.7 Å². The number of anilines is 1. The van der Waals surface area contributed by atoms with Gasteiger partial charge in [-0.3, -0.25) is 19.7 Å². The van der Waals surface area contributed by atoms with Crippen molar-refractivity contribution in [3.63, 3.8) is 0 Å². The van der Waals surface area contributed by atoms with Crippen LogP contribution in [0.5, 0.6) is 0 Å². The number of nitrogens with one attached hydrogen (secondary N) is 2. The second kappa shape index (κ2) is 8.93. The lowest BCUT2D eigenvalue weighted by Crippen LogP contribution is -2.32. The average Bonchev–Trinajstić information content (AvgIpc) is 3.39. The van der Waals surface area contributed by atoms with Crippen molar-refractivity contribution >= 4 is 33.8 Å². The van der Waals surface area contributed by atoms with Gasteiger partial charge in [0, 0.05) is 24.1 Å². The predicted octanol–water partition coefficient (Wildman–Crippen LogP) is 3.70. The number of rotatable bonds is 6. The van der Waals surface area contributed by atoms with Crippen LogP contribution < -0.4 is 10.6 Å². The Kier molecular flexibility index (Phi) is 6.10. The van der Waals surface area contributed by atoms with Gasteiger partial charge < -0.3 is 15.4 Å². The number of para-hydroxylation sites is 1. The minimum Gasteiger partial charge on any atom is -0.376 e. The average molecular weight is 429 g/mol. The Balaban J connectivity index is 1.59. The third-order valence-corrected chi connectivity index (χ3v) is 6.69. The number of nitro benzene ring substituents is 1. The molecule has 1 saturated heterocycles. The van der Waals surface area contributed by atoms with Crippen LogP contribution in [0.1, 0.15) is 56.8 Å². The van der Waals surface area contributed by atoms with Crippen molar-refractivity contribution in [1.82, 2.24) is 5.32 Å². The van der Waals surface area contributed by atoms with Crippen LogP contribution in [-0.4, -0.2) is 36.0 Å². The van der Waals surface area contributed by atoms with Crippen molar-refractivity contribution in [2.24, 2.45) is 0 Å². The molecule has 1 aliphatic heterocycles. The zero-order valence-electron chi connectivity index (χ0n) is 16.4. The molecule has 4 rings (SSSR count). The van der Waals surface area contributed by atoms with Gasteiger partial charge in [-0.1, -0.05) is 12.1 Å². The lowest BCUT2D eigenvalue weighted by atomic mass is 9.95. The predicted molar refractivity (Wildman–Crippen MR) is 113 cm³/mol. The summed E-state index contributed by atoms with van der Waals surface area (Å²) in [6, 6.07) is 5.81. The Bertz CT molecular complexity index is 981. The van der Waals surface area contributed by atoms with Gasteiger partial charge in [-0.05, 0) is 50.2 Å². The first-order valence-corrected chi connectivity index (χ1v) is 11.0. The minimum atomic E-state index is -0.589. The standard InChI is InChI=1S/C21H23N3O5S/c25-19(14-7-1-3-9-16(14)24(27)28)23-21-18(15-8-2-4-10-17(15)30-21)20(26)22-12-13-6-5-11-29-13/h1,3,7,9,13H,2,4-6,8,10-12H2,(H,22,26)(H,23,25)/t13-/m1/s1. The molecule has 8 nitrogen and oxygen atoms in total. The molecule has 2 heterocycles. The van der Waals surface area contributed by atoms with Gasteiger partial charge in [0.05, 0.1) is 16.6 Å². The van der Waals surface area contributed by atoms with Gasteiger partial charge in [0.1, 0.15) is 10.6 Å². The van der Waals surface area contributed by atoms with Crippen molar-refractivity contribution in [2.75, 3.05) is 18.5 Å². The Morgan fingerprint density at radius 3 is 2.73 bits per heavy atom. The van der Waals surface area contributed by atoms with Gasteiger partial charge in [0.2, 0.25) is 0 Å². The van der Waals surface area contributed by atoms with Crippen LogP contribution in [0.4, 0.5) is 10.7 Å². The topological polar surface area (TPSA) is 111 Å². The molecule has 2 aromatic rings. The van der Waals surface area contributed by atoms with E-state index in [0.29, 0.717) is 23.7 Å². The minimum absolute atomic E-state index is 0.0217. The van der Waals surface area contributed by atoms with Crippen LogP contribution in [0.25, 0.3) is 0 Å². The number of amides is 2. The number of thiophene rings is 1. The molecule has 2 aliphatic rings. The SMILES string of the molecule is O=C(Nc1sc2c(c1C(=O)NC[C@H]1CCCO1)CCCC2)c1ccccc1[N+](=O)[O-]. The molecule has 1 aromatic heterocycles. The number of hydrogen-bond donors (Lipinski definition) is 2. The number of carbonyl (C=O) groups excluding carboxylic acids is 2. The Morgan fingerprint density at radius 1 is 1.17 bits per heavy atom. The third-order valence-electron chi connectivity index (χ3n) is 5.49. The van der Waals surface area contributed by atoms with Gasteiger partial charge in [0.25, 0.3) is 17.5 Å². The normalized spacial score (nSPS) is 17.9. The van der Waals surface area contributed by atoms with Gasteiger partial charge in [-0.15, -0.1) is 11.3 Å². The molecule has 30 heavy (non-hydrogen) atoms. The lowest BCUT2D eigenvalue weighted by Gasteiger charge is -2.15. The summed E-state index contributed by atoms with van der Waals surface area (Å²) in [5.74, 6) is -0.822. The Morgan fingerprint density at radius 2 is 1.97 bits per heavy atom. The van der Waals surface area contributed by atoms with Crippen LogP contribution in [0.2, 0.25) is 0 Å². The molecule has 2 amide bonds. The summed E-state index contributed by atoms with van der Waals surface area (Å²) in [4.78, 5) is 37.7. The fourth-order valence-electron chi connectivity index (χ4n) is 3.99. The first-order chi connectivity index (χ1) is 14.5. The van der Waals surface area contributed by atoms with Gasteiger partial charge >= 0.3 is 0 Å². The van der Waals surface area contributed by atoms with Crippen LogP contribution >= 0.6 is 11.3 Å². The number of nitro groups is 1. The highest BCUT2D eigenvalue weighted by atomic mass is 32.1. The molecule has 1 aromatic carbocycles. The van der Waals surface area contributed by atoms with E-state index in [4.69, 9.17) is 4.74 Å². The number of fused-ring (bicyclic) bond motifs is 1. The van der Waals surface area contributed by atoms with Crippen LogP contribution in [-0.2, 0) is 17.6 Å². The molecule has 0 spiro atoms. The Hall–Kier alpha value is -2.78. The van der Waals surface area contributed by atoms with E-state index >= 15 is 0 Å². The molecule has 1 fully saturated rings. The maximum absolute atomic E-state index is 13.0. The van der Waals surface area contributed by atoms with E-state index in [1.54, 1.807) is 6.07 Å². The highest BCUT2D eigenvalue weighted by Crippen LogP contribution is 2.38. The molecule has 0 radical (unpaired) electrons. The molecule has 0 unspecified atom stereocenters. The van der Waals surface area contributed by atoms with E-state index in [0.717, 1.165) is 49.0 Å². The van der Waals surface area contributed by atoms with E-state index in [1.807, 2.05) is 0 Å². The van der Waals surface area contributed by atoms with Gasteiger partial charge in [-0.2, -0.15) is 0 Å². The number of carbonyl (C=O) groups is 2. The van der Waals surface area contributed by atoms with Crippen molar-refractivity contribution in [1.29, 1.82) is 0 Å². The Labute approximate surface area is 177 Å². The highest BCUT2D eigenvalue weighted by molar-refractivity contribution is 7.17. The van der Waals surface area contributed by atoms with Crippen molar-refractivity contribution in [3.8, 4) is 0 Å². The zero-order chi connectivity index (χ0) is 21.1. The van der Waals surface area contributed by atoms with E-state index in [2.05, 4.69) is 10.6 Å². The summed E-state index contributed by atoms with van der Waals surface area (Å²) in [6.07, 6.45) is 5.63. The molecule has 0 bridgehead atoms. The molecule has 9 heteroatoms. The highest BCUT2D eigenvalue weighted by Gasteiger charge is 2.28. The fraction of sp³-hybridized carbons (Fsp3) is 0.429. The van der Waals surface area contributed by atoms with E-state index < -0.39 is 10.8 Å². The monoisotopic (exact) mass is 429 g/mol. The second-order valence-electron chi connectivity index (χ2n) is 7.49. The lowest BCUT2D eigenvalue weighted by molar-refractivity contribution is -0.385. The maximum Gasteiger partial charge on any atom is 0.282 e. The number of benzene rings is 1. The van der Waals surface area contributed by atoms with Crippen molar-refractivity contribution in [3.05, 3.63) is 55.9 Å². The molecule has 2 N–H and O–H groups in total. The summed E-state index contributed by atoms with van der Waals surface area (Å²) in [5, 5.41) is 17.4. The number of hydrogen-bond acceptors (Lipinski definition) is 6. The summed E-state index contributed by atoms with van der Waals surface area (Å²) in [7, 11) is 0. The summed E-state index contributed by atoms with van der Waals surface area (Å²) in [6.45, 7) is 1.15. The van der Waals surface area contributed by atoms with Gasteiger partial charge in [0.15, 0.2) is 0 Å². The fourth-order valence-corrected chi connectivity index (χ4v) is 5.27. The molecular formula is C21H23N3O5S. The van der Waals surface area contributed by atoms with Crippen LogP contribution in [0, 0.1) is 10.1 Å². The number of aryl methyl sites for hydroxylation is 1. The summed E-state index contributed by atoms with van der Waals surface area (Å²) < 4.78 is 5.58. The number of nitrogens with zero attached hydrogens (tertiary/aromatic N) is 1. The first kappa shape index (κ1) is 20.5. The summed E-state index contributed by atoms with van der Waals surface area (Å²) in [5.41, 5.74) is 1.17. The quantitative estimate of drug-likeness (QED) is 0.537. The largest absolute Gasteiger partial charge is 0.376 e. The second-order valence-corrected chi connectivity index (χ2v) is 8.59. The smallest absolute Gasteiger partial charge is 0.282 e. The van der Waals surface area contributed by atoms with Crippen molar-refractivity contribution < 1.29 is 19.2 Å². The molecule has 0 saturated carbocycles. The third kappa shape index (κ3) is 4.22. The molecule has 158 valence electrons. The zero-order valence-corrected chi connectivity index (χ0v) is 17.3. The number of ether oxygens (including phenoxy) is 1. The van der Waals surface area contributed by atoms with Crippen molar-refractivity contribution in [2.45, 2.75) is 44.6 Å². The molecular weight excluding hydrogens is 406 g/mol. The van der Waals surface area contributed by atoms with Gasteiger partial charge in [-0.25, -0.2) is 0 Å². The van der Waals surface area contributed by atoms with Crippen LogP contribution in [0.3, 0.4) is 0 Å². The molecule has 1 aliphatic carbocycles. The van der Waals surface area contributed by atoms with Crippen LogP contribution in [0.15, 0.2) is 24.3 Å². The van der Waals surface area contributed by atoms with E-state index in [-0.39, 0.29) is 23.3 Å². The molecule has 1 atom stereocenters. The first-order valence-electron chi connectivity index (χ1n) is 10.1. The summed E-state index contributed by atoms with van der Waals surface area (Å²) >= 11 is 1.39. The van der Waals surface area contributed by atoms with E-state index in [1.165, 1.54) is 29.5 Å².